The van der Waals surface area contributed by atoms with Gasteiger partial charge in [0, 0.05) is 42.1 Å². The van der Waals surface area contributed by atoms with E-state index >= 15 is 0 Å². The molecule has 1 N–H and O–H groups in total. The molecule has 7 heteroatoms. The van der Waals surface area contributed by atoms with Crippen LogP contribution in [-0.2, 0) is 9.53 Å². The van der Waals surface area contributed by atoms with Crippen molar-refractivity contribution in [2.45, 2.75) is 43.4 Å². The van der Waals surface area contributed by atoms with Gasteiger partial charge in [-0.3, -0.25) is 9.69 Å². The summed E-state index contributed by atoms with van der Waals surface area (Å²) in [5, 5.41) is 4.70. The number of hydrogen-bond donors (Lipinski definition) is 1. The zero-order valence-corrected chi connectivity index (χ0v) is 18.1. The van der Waals surface area contributed by atoms with Gasteiger partial charge in [-0.05, 0) is 30.9 Å². The van der Waals surface area contributed by atoms with Crippen molar-refractivity contribution in [3.8, 4) is 0 Å². The number of carbonyl (C=O) groups is 1. The highest BCUT2D eigenvalue weighted by Crippen LogP contribution is 2.39. The molecule has 2 aliphatic rings. The molecule has 2 fully saturated rings. The number of nitrogens with one attached hydrogen (secondary N) is 1. The first-order valence-corrected chi connectivity index (χ1v) is 12.6. The van der Waals surface area contributed by atoms with Crippen molar-refractivity contribution >= 4 is 39.1 Å². The predicted octanol–water partition coefficient (Wildman–Crippen LogP) is 4.54. The first kappa shape index (κ1) is 21.3. The van der Waals surface area contributed by atoms with E-state index in [1.54, 1.807) is 0 Å². The molecule has 0 aliphatic carbocycles. The lowest BCUT2D eigenvalue weighted by molar-refractivity contribution is -0.121. The lowest BCUT2D eigenvalue weighted by atomic mass is 10.0. The number of benzene rings is 1. The van der Waals surface area contributed by atoms with Crippen LogP contribution in [0.3, 0.4) is 0 Å². The first-order valence-electron chi connectivity index (χ1n) is 9.85. The van der Waals surface area contributed by atoms with Crippen LogP contribution in [0.2, 0.25) is 5.02 Å². The van der Waals surface area contributed by atoms with Crippen molar-refractivity contribution in [3.05, 3.63) is 34.9 Å². The predicted molar refractivity (Wildman–Crippen MR) is 117 cm³/mol. The minimum atomic E-state index is 0.0958. The van der Waals surface area contributed by atoms with Crippen molar-refractivity contribution in [3.63, 3.8) is 0 Å². The zero-order chi connectivity index (χ0) is 18.9. The molecule has 2 unspecified atom stereocenters. The normalized spacial score (nSPS) is 21.9. The maximum Gasteiger partial charge on any atom is 0.220 e. The van der Waals surface area contributed by atoms with Gasteiger partial charge < -0.3 is 10.1 Å². The van der Waals surface area contributed by atoms with E-state index in [0.29, 0.717) is 13.0 Å². The van der Waals surface area contributed by atoms with Gasteiger partial charge in [-0.2, -0.15) is 0 Å². The molecule has 4 nitrogen and oxygen atoms in total. The molecule has 2 saturated heterocycles. The second-order valence-electron chi connectivity index (χ2n) is 7.06. The molecule has 3 rings (SSSR count). The van der Waals surface area contributed by atoms with Crippen molar-refractivity contribution in [1.82, 2.24) is 10.2 Å². The van der Waals surface area contributed by atoms with E-state index in [9.17, 15) is 4.79 Å². The summed E-state index contributed by atoms with van der Waals surface area (Å²) in [6.45, 7) is 3.78. The summed E-state index contributed by atoms with van der Waals surface area (Å²) >= 11 is 6.44. The fourth-order valence-electron chi connectivity index (χ4n) is 3.59. The van der Waals surface area contributed by atoms with E-state index in [-0.39, 0.29) is 11.9 Å². The van der Waals surface area contributed by atoms with Crippen LogP contribution >= 0.6 is 33.2 Å². The second kappa shape index (κ2) is 11.6. The average molecular weight is 429 g/mol. The van der Waals surface area contributed by atoms with Crippen LogP contribution in [0.4, 0.5) is 0 Å². The summed E-state index contributed by atoms with van der Waals surface area (Å²) in [4.78, 5) is 14.7. The summed E-state index contributed by atoms with van der Waals surface area (Å²) in [5.41, 5.74) is 1.08. The van der Waals surface area contributed by atoms with Gasteiger partial charge in [0.05, 0.1) is 19.3 Å². The molecule has 27 heavy (non-hydrogen) atoms. The molecular formula is C20H29ClN2O2S2. The topological polar surface area (TPSA) is 41.6 Å². The van der Waals surface area contributed by atoms with Gasteiger partial charge in [-0.15, -0.1) is 0 Å². The summed E-state index contributed by atoms with van der Waals surface area (Å²) in [6, 6.07) is 8.04. The highest BCUT2D eigenvalue weighted by molar-refractivity contribution is 8.77. The highest BCUT2D eigenvalue weighted by Gasteiger charge is 2.24. The van der Waals surface area contributed by atoms with Crippen molar-refractivity contribution < 1.29 is 9.53 Å². The van der Waals surface area contributed by atoms with Crippen molar-refractivity contribution in [1.29, 1.82) is 0 Å². The third-order valence-electron chi connectivity index (χ3n) is 5.15. The number of ether oxygens (including phenoxy) is 1. The van der Waals surface area contributed by atoms with Gasteiger partial charge in [-0.25, -0.2) is 0 Å². The number of amides is 1. The van der Waals surface area contributed by atoms with E-state index in [1.165, 1.54) is 18.6 Å². The summed E-state index contributed by atoms with van der Waals surface area (Å²) < 4.78 is 5.48. The molecular weight excluding hydrogens is 400 g/mol. The quantitative estimate of drug-likeness (QED) is 0.461. The van der Waals surface area contributed by atoms with Crippen molar-refractivity contribution in [2.24, 2.45) is 0 Å². The van der Waals surface area contributed by atoms with Crippen LogP contribution in [-0.4, -0.2) is 54.7 Å². The SMILES string of the molecule is O=C(CCCCC1CCSS1)NCC(c1ccccc1Cl)N1CCOCC1. The number of morpholine rings is 1. The molecule has 150 valence electrons. The van der Waals surface area contributed by atoms with Crippen molar-refractivity contribution in [2.75, 3.05) is 38.6 Å². The largest absolute Gasteiger partial charge is 0.379 e. The van der Waals surface area contributed by atoms with Crippen LogP contribution in [0.15, 0.2) is 24.3 Å². The first-order chi connectivity index (χ1) is 13.2. The maximum atomic E-state index is 12.3. The number of unbranched alkanes of at least 4 members (excludes halogenated alkanes) is 1. The van der Waals surface area contributed by atoms with E-state index in [0.717, 1.165) is 55.0 Å². The third-order valence-corrected chi connectivity index (χ3v) is 8.50. The molecule has 1 aromatic rings. The van der Waals surface area contributed by atoms with Gasteiger partial charge in [-0.1, -0.05) is 57.8 Å². The Bertz CT molecular complexity index is 593. The molecule has 0 aromatic heterocycles. The van der Waals surface area contributed by atoms with Gasteiger partial charge in [0.1, 0.15) is 0 Å². The minimum absolute atomic E-state index is 0.0958. The highest BCUT2D eigenvalue weighted by atomic mass is 35.5. The third kappa shape index (κ3) is 6.86. The van der Waals surface area contributed by atoms with Crippen LogP contribution in [0.25, 0.3) is 0 Å². The molecule has 0 spiro atoms. The minimum Gasteiger partial charge on any atom is -0.379 e. The Morgan fingerprint density at radius 2 is 2.11 bits per heavy atom. The Hall–Kier alpha value is -0.400. The fraction of sp³-hybridized carbons (Fsp3) is 0.650. The summed E-state index contributed by atoms with van der Waals surface area (Å²) in [5.74, 6) is 1.43. The lowest BCUT2D eigenvalue weighted by Crippen LogP contribution is -2.43. The van der Waals surface area contributed by atoms with Crippen LogP contribution in [0.1, 0.15) is 43.7 Å². The number of halogens is 1. The second-order valence-corrected chi connectivity index (χ2v) is 10.3. The van der Waals surface area contributed by atoms with E-state index < -0.39 is 0 Å². The number of carbonyl (C=O) groups excluding carboxylic acids is 1. The standard InChI is InChI=1S/C20H29ClN2O2S2/c21-18-7-3-2-6-17(18)19(23-10-12-25-13-11-23)15-22-20(24)8-4-1-5-16-9-14-26-27-16/h2-3,6-7,16,19H,1,4-5,8-15H2,(H,22,24). The maximum absolute atomic E-state index is 12.3. The average Bonchev–Trinajstić information content (AvgIpc) is 3.21. The zero-order valence-electron chi connectivity index (χ0n) is 15.7. The molecule has 0 bridgehead atoms. The molecule has 2 heterocycles. The van der Waals surface area contributed by atoms with Crippen LogP contribution < -0.4 is 5.32 Å². The molecule has 2 atom stereocenters. The summed E-state index contributed by atoms with van der Waals surface area (Å²) in [7, 11) is 4.00. The molecule has 0 radical (unpaired) electrons. The van der Waals surface area contributed by atoms with Gasteiger partial charge in [0.15, 0.2) is 0 Å². The smallest absolute Gasteiger partial charge is 0.220 e. The van der Waals surface area contributed by atoms with Gasteiger partial charge in [0.25, 0.3) is 0 Å². The molecule has 1 aromatic carbocycles. The number of rotatable bonds is 9. The molecule has 2 aliphatic heterocycles. The van der Waals surface area contributed by atoms with Crippen LogP contribution in [0, 0.1) is 0 Å². The molecule has 0 saturated carbocycles. The lowest BCUT2D eigenvalue weighted by Gasteiger charge is -2.35. The monoisotopic (exact) mass is 428 g/mol. The Morgan fingerprint density at radius 3 is 2.85 bits per heavy atom. The van der Waals surface area contributed by atoms with E-state index in [2.05, 4.69) is 16.3 Å². The number of nitrogens with zero attached hydrogens (tertiary/aromatic N) is 1. The van der Waals surface area contributed by atoms with Crippen LogP contribution in [0.5, 0.6) is 0 Å². The van der Waals surface area contributed by atoms with Gasteiger partial charge >= 0.3 is 0 Å². The fourth-order valence-corrected chi connectivity index (χ4v) is 6.88. The van der Waals surface area contributed by atoms with E-state index in [4.69, 9.17) is 16.3 Å². The van der Waals surface area contributed by atoms with E-state index in [1.807, 2.05) is 39.8 Å². The Kier molecular flexibility index (Phi) is 9.13. The number of hydrogen-bond acceptors (Lipinski definition) is 5. The molecule has 1 amide bonds. The Labute approximate surface area is 175 Å². The van der Waals surface area contributed by atoms with Gasteiger partial charge in [0.2, 0.25) is 5.91 Å². The Balaban J connectivity index is 1.46. The Morgan fingerprint density at radius 1 is 1.30 bits per heavy atom. The summed E-state index contributed by atoms with van der Waals surface area (Å²) in [6.07, 6.45) is 5.29.